The first-order valence-corrected chi connectivity index (χ1v) is 5.59. The number of aromatic nitrogens is 1. The van der Waals surface area contributed by atoms with Gasteiger partial charge in [-0.25, -0.2) is 4.98 Å². The number of nitro groups is 1. The van der Waals surface area contributed by atoms with Gasteiger partial charge in [-0.2, -0.15) is 0 Å². The van der Waals surface area contributed by atoms with Gasteiger partial charge < -0.3 is 10.2 Å². The molecule has 1 aromatic heterocycles. The molecule has 0 amide bonds. The van der Waals surface area contributed by atoms with E-state index in [1.165, 1.54) is 6.07 Å². The van der Waals surface area contributed by atoms with Gasteiger partial charge in [0, 0.05) is 18.8 Å². The Kier molecular flexibility index (Phi) is 5.35. The van der Waals surface area contributed by atoms with Crippen LogP contribution in [-0.2, 0) is 0 Å². The molecule has 0 aliphatic rings. The third-order valence-electron chi connectivity index (χ3n) is 2.31. The third kappa shape index (κ3) is 4.78. The van der Waals surface area contributed by atoms with Crippen molar-refractivity contribution in [1.29, 1.82) is 0 Å². The summed E-state index contributed by atoms with van der Waals surface area (Å²) < 4.78 is 0. The molecule has 0 unspecified atom stereocenters. The van der Waals surface area contributed by atoms with Gasteiger partial charge in [-0.15, -0.1) is 0 Å². The Morgan fingerprint density at radius 3 is 2.88 bits per heavy atom. The molecule has 1 N–H and O–H groups in total. The van der Waals surface area contributed by atoms with Gasteiger partial charge in [-0.3, -0.25) is 10.1 Å². The van der Waals surface area contributed by atoms with Crippen molar-refractivity contribution < 1.29 is 4.92 Å². The fraction of sp³-hybridized carbons (Fsp3) is 0.545. The smallest absolute Gasteiger partial charge is 0.311 e. The van der Waals surface area contributed by atoms with Gasteiger partial charge in [-0.05, 0) is 39.5 Å². The molecule has 17 heavy (non-hydrogen) atoms. The molecule has 0 bridgehead atoms. The minimum atomic E-state index is -0.421. The first-order chi connectivity index (χ1) is 8.11. The Bertz CT molecular complexity index is 368. The van der Waals surface area contributed by atoms with Crippen molar-refractivity contribution in [2.24, 2.45) is 0 Å². The van der Waals surface area contributed by atoms with Gasteiger partial charge in [0.05, 0.1) is 4.92 Å². The van der Waals surface area contributed by atoms with E-state index in [4.69, 9.17) is 0 Å². The van der Waals surface area contributed by atoms with Crippen LogP contribution < -0.4 is 5.32 Å². The highest BCUT2D eigenvalue weighted by atomic mass is 16.6. The average molecular weight is 238 g/mol. The second-order valence-corrected chi connectivity index (χ2v) is 4.07. The van der Waals surface area contributed by atoms with Gasteiger partial charge in [-0.1, -0.05) is 0 Å². The van der Waals surface area contributed by atoms with Crippen LogP contribution >= 0.6 is 0 Å². The lowest BCUT2D eigenvalue weighted by Crippen LogP contribution is -2.14. The predicted octanol–water partition coefficient (Wildman–Crippen LogP) is 1.74. The molecule has 6 nitrogen and oxygen atoms in total. The molecule has 1 aromatic rings. The van der Waals surface area contributed by atoms with E-state index in [-0.39, 0.29) is 5.69 Å². The summed E-state index contributed by atoms with van der Waals surface area (Å²) >= 11 is 0. The fourth-order valence-corrected chi connectivity index (χ4v) is 1.44. The molecule has 1 heterocycles. The summed E-state index contributed by atoms with van der Waals surface area (Å²) in [6.07, 6.45) is 3.57. The number of hydrogen-bond donors (Lipinski definition) is 1. The van der Waals surface area contributed by atoms with E-state index in [2.05, 4.69) is 15.2 Å². The first-order valence-electron chi connectivity index (χ1n) is 5.59. The maximum atomic E-state index is 10.7. The van der Waals surface area contributed by atoms with E-state index >= 15 is 0 Å². The SMILES string of the molecule is CN(C)CCCCNc1ncccc1[N+](=O)[O-]. The summed E-state index contributed by atoms with van der Waals surface area (Å²) in [4.78, 5) is 16.4. The third-order valence-corrected chi connectivity index (χ3v) is 2.31. The molecule has 0 saturated heterocycles. The van der Waals surface area contributed by atoms with Crippen LogP contribution in [0.25, 0.3) is 0 Å². The summed E-state index contributed by atoms with van der Waals surface area (Å²) in [6, 6.07) is 3.02. The van der Waals surface area contributed by atoms with Crippen LogP contribution in [-0.4, -0.2) is 42.0 Å². The maximum absolute atomic E-state index is 10.7. The number of hydrogen-bond acceptors (Lipinski definition) is 5. The topological polar surface area (TPSA) is 71.3 Å². The molecule has 0 spiro atoms. The zero-order chi connectivity index (χ0) is 12.7. The Hall–Kier alpha value is -1.69. The lowest BCUT2D eigenvalue weighted by atomic mass is 10.3. The molecule has 0 fully saturated rings. The van der Waals surface area contributed by atoms with Crippen LogP contribution in [0.15, 0.2) is 18.3 Å². The largest absolute Gasteiger partial charge is 0.364 e. The number of rotatable bonds is 7. The molecule has 0 aliphatic heterocycles. The van der Waals surface area contributed by atoms with Crippen LogP contribution in [0.4, 0.5) is 11.5 Å². The summed E-state index contributed by atoms with van der Waals surface area (Å²) in [5.74, 6) is 0.349. The monoisotopic (exact) mass is 238 g/mol. The summed E-state index contributed by atoms with van der Waals surface area (Å²) in [5, 5.41) is 13.7. The molecule has 0 saturated carbocycles. The standard InChI is InChI=1S/C11H18N4O2/c1-14(2)9-4-3-7-12-11-10(15(16)17)6-5-8-13-11/h5-6,8H,3-4,7,9H2,1-2H3,(H,12,13). The number of pyridine rings is 1. The quantitative estimate of drug-likeness (QED) is 0.445. The van der Waals surface area contributed by atoms with Gasteiger partial charge >= 0.3 is 5.69 Å². The minimum Gasteiger partial charge on any atom is -0.364 e. The first kappa shape index (κ1) is 13.4. The van der Waals surface area contributed by atoms with E-state index in [1.807, 2.05) is 14.1 Å². The molecule has 0 radical (unpaired) electrons. The molecule has 1 rings (SSSR count). The Morgan fingerprint density at radius 2 is 2.24 bits per heavy atom. The number of nitrogens with zero attached hydrogens (tertiary/aromatic N) is 3. The van der Waals surface area contributed by atoms with Gasteiger partial charge in [0.2, 0.25) is 5.82 Å². The maximum Gasteiger partial charge on any atom is 0.311 e. The van der Waals surface area contributed by atoms with E-state index < -0.39 is 4.92 Å². The van der Waals surface area contributed by atoms with Gasteiger partial charge in [0.1, 0.15) is 0 Å². The highest BCUT2D eigenvalue weighted by Gasteiger charge is 2.12. The molecule has 0 aromatic carbocycles. The minimum absolute atomic E-state index is 0.0279. The number of anilines is 1. The van der Waals surface area contributed by atoms with E-state index in [1.54, 1.807) is 12.3 Å². The Balaban J connectivity index is 2.39. The van der Waals surface area contributed by atoms with Crippen LogP contribution in [0.3, 0.4) is 0 Å². The predicted molar refractivity (Wildman–Crippen MR) is 67.2 cm³/mol. The van der Waals surface area contributed by atoms with E-state index in [0.717, 1.165) is 19.4 Å². The average Bonchev–Trinajstić information content (AvgIpc) is 2.28. The molecule has 6 heteroatoms. The van der Waals surface area contributed by atoms with E-state index in [9.17, 15) is 10.1 Å². The number of nitrogens with one attached hydrogen (secondary N) is 1. The lowest BCUT2D eigenvalue weighted by Gasteiger charge is -2.09. The van der Waals surface area contributed by atoms with Crippen molar-refractivity contribution in [3.63, 3.8) is 0 Å². The van der Waals surface area contributed by atoms with Crippen LogP contribution in [0, 0.1) is 10.1 Å². The highest BCUT2D eigenvalue weighted by Crippen LogP contribution is 2.19. The van der Waals surface area contributed by atoms with Crippen molar-refractivity contribution in [3.05, 3.63) is 28.4 Å². The zero-order valence-electron chi connectivity index (χ0n) is 10.2. The van der Waals surface area contributed by atoms with Crippen LogP contribution in [0.2, 0.25) is 0 Å². The molecule has 94 valence electrons. The molecule has 0 atom stereocenters. The van der Waals surface area contributed by atoms with Crippen LogP contribution in [0.1, 0.15) is 12.8 Å². The van der Waals surface area contributed by atoms with Crippen molar-refractivity contribution >= 4 is 11.5 Å². The summed E-state index contributed by atoms with van der Waals surface area (Å²) in [7, 11) is 4.05. The second-order valence-electron chi connectivity index (χ2n) is 4.07. The normalized spacial score (nSPS) is 10.5. The summed E-state index contributed by atoms with van der Waals surface area (Å²) in [5.41, 5.74) is 0.0279. The fourth-order valence-electron chi connectivity index (χ4n) is 1.44. The molecular formula is C11H18N4O2. The van der Waals surface area contributed by atoms with Crippen LogP contribution in [0.5, 0.6) is 0 Å². The van der Waals surface area contributed by atoms with Crippen molar-refractivity contribution in [2.75, 3.05) is 32.5 Å². The lowest BCUT2D eigenvalue weighted by molar-refractivity contribution is -0.384. The molecular weight excluding hydrogens is 220 g/mol. The molecule has 0 aliphatic carbocycles. The zero-order valence-corrected chi connectivity index (χ0v) is 10.2. The summed E-state index contributed by atoms with van der Waals surface area (Å²) in [6.45, 7) is 1.72. The van der Waals surface area contributed by atoms with Gasteiger partial charge in [0.25, 0.3) is 0 Å². The Labute approximate surface area is 101 Å². The second kappa shape index (κ2) is 6.80. The number of unbranched alkanes of at least 4 members (excludes halogenated alkanes) is 1. The van der Waals surface area contributed by atoms with Crippen molar-refractivity contribution in [1.82, 2.24) is 9.88 Å². The van der Waals surface area contributed by atoms with E-state index in [0.29, 0.717) is 12.4 Å². The van der Waals surface area contributed by atoms with Gasteiger partial charge in [0.15, 0.2) is 0 Å². The Morgan fingerprint density at radius 1 is 1.47 bits per heavy atom. The van der Waals surface area contributed by atoms with Crippen molar-refractivity contribution in [3.8, 4) is 0 Å². The van der Waals surface area contributed by atoms with Crippen molar-refractivity contribution in [2.45, 2.75) is 12.8 Å². The highest BCUT2D eigenvalue weighted by molar-refractivity contribution is 5.54.